The molecule has 1 unspecified atom stereocenters. The van der Waals surface area contributed by atoms with Crippen molar-refractivity contribution in [3.8, 4) is 0 Å². The highest BCUT2D eigenvalue weighted by molar-refractivity contribution is 5.93. The van der Waals surface area contributed by atoms with E-state index in [1.54, 1.807) is 13.0 Å². The Bertz CT molecular complexity index is 1200. The molecule has 9 atom stereocenters. The van der Waals surface area contributed by atoms with Gasteiger partial charge in [-0.05, 0) is 93.6 Å². The number of aliphatic hydroxyl groups is 2. The number of hydrogen-bond donors (Lipinski definition) is 3. The van der Waals surface area contributed by atoms with Gasteiger partial charge in [-0.15, -0.1) is 0 Å². The van der Waals surface area contributed by atoms with Crippen molar-refractivity contribution in [1.29, 1.82) is 0 Å². The normalized spacial score (nSPS) is 39.9. The number of carboxylic acid groups (broad SMARTS) is 1. The van der Waals surface area contributed by atoms with E-state index in [4.69, 9.17) is 14.3 Å². The van der Waals surface area contributed by atoms with Gasteiger partial charge in [0.2, 0.25) is 0 Å². The second-order valence-corrected chi connectivity index (χ2v) is 13.5. The smallest absolute Gasteiger partial charge is 0.335 e. The third-order valence-corrected chi connectivity index (χ3v) is 11.6. The van der Waals surface area contributed by atoms with E-state index in [0.29, 0.717) is 63.4 Å². The summed E-state index contributed by atoms with van der Waals surface area (Å²) < 4.78 is 10.9. The molecule has 1 aromatic rings. The second kappa shape index (κ2) is 11.3. The van der Waals surface area contributed by atoms with Crippen LogP contribution in [0.15, 0.2) is 27.6 Å². The molecule has 4 aliphatic rings. The number of aliphatic hydroxyl groups excluding tert-OH is 1. The number of rotatable bonds is 9. The first kappa shape index (κ1) is 30.0. The van der Waals surface area contributed by atoms with Crippen LogP contribution in [0.2, 0.25) is 0 Å². The lowest BCUT2D eigenvalue weighted by Crippen LogP contribution is -2.70. The summed E-state index contributed by atoms with van der Waals surface area (Å²) in [7, 11) is 0. The summed E-state index contributed by atoms with van der Waals surface area (Å²) in [5.41, 5.74) is -2.58. The topological polar surface area (TPSA) is 151 Å². The molecule has 4 fully saturated rings. The van der Waals surface area contributed by atoms with Gasteiger partial charge in [0.25, 0.3) is 0 Å². The SMILES string of the molecule is C[C@]12CC[C@H](OC(=O)CCCCCCC(=O)O)C[C@H]1CC[C@@H]1C2[C@H](O)C(=O)[C@]2(C)[C@@H](c3ccc(=O)oc3)CC[C@]12O. The number of hydrogen-bond acceptors (Lipinski definition) is 8. The number of carbonyl (C=O) groups excluding carboxylic acids is 2. The van der Waals surface area contributed by atoms with Crippen LogP contribution < -0.4 is 5.63 Å². The largest absolute Gasteiger partial charge is 0.481 e. The van der Waals surface area contributed by atoms with Crippen LogP contribution in [0.25, 0.3) is 0 Å². The molecule has 0 aliphatic heterocycles. The third kappa shape index (κ3) is 5.07. The highest BCUT2D eigenvalue weighted by Gasteiger charge is 2.73. The van der Waals surface area contributed by atoms with Crippen molar-refractivity contribution in [3.05, 3.63) is 34.4 Å². The molecule has 0 amide bonds. The van der Waals surface area contributed by atoms with E-state index in [1.807, 2.05) is 0 Å². The summed E-state index contributed by atoms with van der Waals surface area (Å²) in [5, 5.41) is 32.7. The highest BCUT2D eigenvalue weighted by atomic mass is 16.5. The van der Waals surface area contributed by atoms with Crippen LogP contribution >= 0.6 is 0 Å². The van der Waals surface area contributed by atoms with Crippen LogP contribution in [-0.2, 0) is 19.1 Å². The van der Waals surface area contributed by atoms with Gasteiger partial charge in [-0.3, -0.25) is 14.4 Å². The van der Waals surface area contributed by atoms with Crippen LogP contribution in [0, 0.1) is 28.6 Å². The molecule has 5 rings (SSSR count). The number of Topliss-reactive ketones (excluding diaryl/α,β-unsaturated/α-hetero) is 1. The predicted octanol–water partition coefficient (Wildman–Crippen LogP) is 4.37. The van der Waals surface area contributed by atoms with E-state index in [9.17, 15) is 29.4 Å². The van der Waals surface area contributed by atoms with Crippen LogP contribution in [0.5, 0.6) is 0 Å². The Kier molecular flexibility index (Phi) is 8.25. The molecule has 9 heteroatoms. The second-order valence-electron chi connectivity index (χ2n) is 13.5. The minimum atomic E-state index is -1.27. The minimum Gasteiger partial charge on any atom is -0.481 e. The van der Waals surface area contributed by atoms with Gasteiger partial charge in [-0.2, -0.15) is 0 Å². The fraction of sp³-hybridized carbons (Fsp3) is 0.750. The average molecular weight is 573 g/mol. The van der Waals surface area contributed by atoms with E-state index in [2.05, 4.69) is 6.92 Å². The molecular formula is C32H44O9. The first-order valence-electron chi connectivity index (χ1n) is 15.4. The zero-order chi connectivity index (χ0) is 29.6. The molecule has 4 saturated carbocycles. The van der Waals surface area contributed by atoms with Crippen LogP contribution in [0.1, 0.15) is 109 Å². The number of carbonyl (C=O) groups is 3. The number of esters is 1. The van der Waals surface area contributed by atoms with Gasteiger partial charge in [-0.1, -0.05) is 19.8 Å². The monoisotopic (exact) mass is 572 g/mol. The van der Waals surface area contributed by atoms with Gasteiger partial charge in [-0.25, -0.2) is 4.79 Å². The van der Waals surface area contributed by atoms with Gasteiger partial charge < -0.3 is 24.5 Å². The summed E-state index contributed by atoms with van der Waals surface area (Å²) in [6.45, 7) is 3.93. The van der Waals surface area contributed by atoms with E-state index in [1.165, 1.54) is 12.3 Å². The number of ether oxygens (including phenoxy) is 1. The molecule has 0 bridgehead atoms. The lowest BCUT2D eigenvalue weighted by molar-refractivity contribution is -0.229. The third-order valence-electron chi connectivity index (χ3n) is 11.6. The summed E-state index contributed by atoms with van der Waals surface area (Å²) in [6, 6.07) is 3.00. The highest BCUT2D eigenvalue weighted by Crippen LogP contribution is 2.69. The first-order valence-corrected chi connectivity index (χ1v) is 15.4. The fourth-order valence-electron chi connectivity index (χ4n) is 9.36. The van der Waals surface area contributed by atoms with Crippen LogP contribution in [0.3, 0.4) is 0 Å². The van der Waals surface area contributed by atoms with Crippen molar-refractivity contribution < 1.29 is 38.9 Å². The van der Waals surface area contributed by atoms with Gasteiger partial charge in [0, 0.05) is 30.7 Å². The predicted molar refractivity (Wildman–Crippen MR) is 148 cm³/mol. The Hall–Kier alpha value is -2.52. The van der Waals surface area contributed by atoms with Gasteiger partial charge in [0.15, 0.2) is 5.78 Å². The average Bonchev–Trinajstić information content (AvgIpc) is 3.21. The Morgan fingerprint density at radius 3 is 2.41 bits per heavy atom. The van der Waals surface area contributed by atoms with Crippen molar-refractivity contribution in [2.75, 3.05) is 0 Å². The number of ketones is 1. The van der Waals surface area contributed by atoms with Gasteiger partial charge >= 0.3 is 17.6 Å². The molecule has 0 spiro atoms. The fourth-order valence-corrected chi connectivity index (χ4v) is 9.36. The lowest BCUT2D eigenvalue weighted by atomic mass is 9.42. The number of carboxylic acids is 1. The van der Waals surface area contributed by atoms with E-state index in [0.717, 1.165) is 19.3 Å². The maximum atomic E-state index is 14.1. The van der Waals surface area contributed by atoms with Crippen LogP contribution in [0.4, 0.5) is 0 Å². The Morgan fingerprint density at radius 1 is 1.00 bits per heavy atom. The zero-order valence-electron chi connectivity index (χ0n) is 24.2. The molecule has 226 valence electrons. The van der Waals surface area contributed by atoms with Crippen molar-refractivity contribution in [3.63, 3.8) is 0 Å². The molecule has 3 N–H and O–H groups in total. The van der Waals surface area contributed by atoms with Gasteiger partial charge in [0.05, 0.1) is 17.3 Å². The standard InChI is InChI=1S/C32H44O9/c1-30-15-13-21(41-26(36)8-6-4-3-5-7-24(33)34)17-20(30)10-11-23-27(30)28(37)29(38)31(2)22(14-16-32(23,31)39)19-9-12-25(35)40-18-19/h9,12,18,20-23,27-28,37,39H,3-8,10-11,13-17H2,1-2H3,(H,33,34)/t20-,21+,22-,23-,27?,28+,30+,31+,32+/m1/s1. The number of fused-ring (bicyclic) bond motifs is 5. The van der Waals surface area contributed by atoms with E-state index in [-0.39, 0.29) is 53.4 Å². The lowest BCUT2D eigenvalue weighted by Gasteiger charge is -2.64. The minimum absolute atomic E-state index is 0.151. The molecule has 0 saturated heterocycles. The van der Waals surface area contributed by atoms with Crippen molar-refractivity contribution in [2.45, 2.75) is 121 Å². The summed E-state index contributed by atoms with van der Waals surface area (Å²) in [4.78, 5) is 48.8. The molecule has 9 nitrogen and oxygen atoms in total. The quantitative estimate of drug-likeness (QED) is 0.289. The van der Waals surface area contributed by atoms with Gasteiger partial charge in [0.1, 0.15) is 12.2 Å². The Morgan fingerprint density at radius 2 is 1.73 bits per heavy atom. The molecule has 41 heavy (non-hydrogen) atoms. The summed E-state index contributed by atoms with van der Waals surface area (Å²) >= 11 is 0. The Labute approximate surface area is 240 Å². The first-order chi connectivity index (χ1) is 19.4. The zero-order valence-corrected chi connectivity index (χ0v) is 24.2. The molecule has 1 heterocycles. The van der Waals surface area contributed by atoms with Crippen molar-refractivity contribution in [2.24, 2.45) is 28.6 Å². The molecule has 1 aromatic heterocycles. The molecule has 0 aromatic carbocycles. The maximum absolute atomic E-state index is 14.1. The number of aliphatic carboxylic acids is 1. The Balaban J connectivity index is 1.25. The van der Waals surface area contributed by atoms with Crippen LogP contribution in [-0.4, -0.2) is 50.9 Å². The number of unbranched alkanes of at least 4 members (excludes halogenated alkanes) is 3. The van der Waals surface area contributed by atoms with E-state index < -0.39 is 28.7 Å². The van der Waals surface area contributed by atoms with Crippen molar-refractivity contribution >= 4 is 17.7 Å². The molecule has 0 radical (unpaired) electrons. The summed E-state index contributed by atoms with van der Waals surface area (Å²) in [6.07, 6.45) is 7.92. The van der Waals surface area contributed by atoms with E-state index >= 15 is 0 Å². The maximum Gasteiger partial charge on any atom is 0.335 e. The molecule has 4 aliphatic carbocycles. The van der Waals surface area contributed by atoms with Crippen molar-refractivity contribution in [1.82, 2.24) is 0 Å². The molecular weight excluding hydrogens is 528 g/mol. The summed E-state index contributed by atoms with van der Waals surface area (Å²) in [5.74, 6) is -2.14.